The van der Waals surface area contributed by atoms with Gasteiger partial charge in [0.25, 0.3) is 0 Å². The minimum Gasteiger partial charge on any atom is -0.377 e. The Labute approximate surface area is 214 Å². The van der Waals surface area contributed by atoms with Crippen LogP contribution in [-0.2, 0) is 0 Å². The van der Waals surface area contributed by atoms with Gasteiger partial charge < -0.3 is 15.1 Å². The van der Waals surface area contributed by atoms with E-state index in [1.54, 1.807) is 0 Å². The highest BCUT2D eigenvalue weighted by Crippen LogP contribution is 2.41. The zero-order chi connectivity index (χ0) is 24.5. The fourth-order valence-corrected chi connectivity index (χ4v) is 5.96. The van der Waals surface area contributed by atoms with E-state index in [2.05, 4.69) is 126 Å². The summed E-state index contributed by atoms with van der Waals surface area (Å²) in [6.07, 6.45) is 9.28. The lowest BCUT2D eigenvalue weighted by Gasteiger charge is -2.44. The van der Waals surface area contributed by atoms with Crippen LogP contribution in [0, 0.1) is 0 Å². The first-order chi connectivity index (χ1) is 17.7. The van der Waals surface area contributed by atoms with Crippen LogP contribution in [0.3, 0.4) is 0 Å². The molecule has 0 radical (unpaired) electrons. The Hall–Kier alpha value is -3.79. The number of benzene rings is 3. The molecule has 3 aromatic carbocycles. The minimum atomic E-state index is 0.278. The minimum absolute atomic E-state index is 0.278. The van der Waals surface area contributed by atoms with Crippen LogP contribution in [0.5, 0.6) is 0 Å². The molecule has 1 atom stereocenters. The smallest absolute Gasteiger partial charge is 0.128 e. The van der Waals surface area contributed by atoms with Crippen molar-refractivity contribution in [3.05, 3.63) is 102 Å². The van der Waals surface area contributed by atoms with Crippen molar-refractivity contribution in [3.63, 3.8) is 0 Å². The Morgan fingerprint density at radius 1 is 0.833 bits per heavy atom. The molecule has 1 saturated carbocycles. The van der Waals surface area contributed by atoms with Crippen molar-refractivity contribution in [3.8, 4) is 0 Å². The lowest BCUT2D eigenvalue weighted by Crippen LogP contribution is -2.43. The van der Waals surface area contributed by atoms with Gasteiger partial charge in [-0.3, -0.25) is 0 Å². The van der Waals surface area contributed by atoms with Gasteiger partial charge in [0.05, 0.1) is 11.6 Å². The largest absolute Gasteiger partial charge is 0.377 e. The van der Waals surface area contributed by atoms with Gasteiger partial charge in [0.1, 0.15) is 5.82 Å². The highest BCUT2D eigenvalue weighted by molar-refractivity contribution is 5.93. The van der Waals surface area contributed by atoms with E-state index < -0.39 is 0 Å². The molecule has 2 heterocycles. The maximum Gasteiger partial charge on any atom is 0.128 e. The van der Waals surface area contributed by atoms with Crippen LogP contribution in [0.1, 0.15) is 42.9 Å². The Morgan fingerprint density at radius 3 is 2.36 bits per heavy atom. The highest BCUT2D eigenvalue weighted by atomic mass is 15.2. The van der Waals surface area contributed by atoms with Gasteiger partial charge in [-0.2, -0.15) is 0 Å². The highest BCUT2D eigenvalue weighted by Gasteiger charge is 2.33. The zero-order valence-corrected chi connectivity index (χ0v) is 21.1. The molecule has 1 fully saturated rings. The molecule has 1 unspecified atom stereocenters. The third-order valence-electron chi connectivity index (χ3n) is 7.73. The Balaban J connectivity index is 1.22. The number of para-hydroxylation sites is 2. The van der Waals surface area contributed by atoms with Crippen LogP contribution in [0.25, 0.3) is 17.0 Å². The van der Waals surface area contributed by atoms with E-state index in [0.29, 0.717) is 12.1 Å². The predicted molar refractivity (Wildman–Crippen MR) is 153 cm³/mol. The summed E-state index contributed by atoms with van der Waals surface area (Å²) >= 11 is 0. The van der Waals surface area contributed by atoms with Crippen LogP contribution in [0.15, 0.2) is 91.0 Å². The van der Waals surface area contributed by atoms with E-state index in [0.717, 1.165) is 37.0 Å². The van der Waals surface area contributed by atoms with Gasteiger partial charge in [0.2, 0.25) is 0 Å². The number of nitrogens with zero attached hydrogens (tertiary/aromatic N) is 3. The topological polar surface area (TPSA) is 31.4 Å². The van der Waals surface area contributed by atoms with E-state index in [1.807, 2.05) is 0 Å². The van der Waals surface area contributed by atoms with Crippen LogP contribution in [0.2, 0.25) is 0 Å². The van der Waals surface area contributed by atoms with Gasteiger partial charge in [0, 0.05) is 49.0 Å². The molecule has 0 saturated heterocycles. The molecule has 1 aliphatic carbocycles. The summed E-state index contributed by atoms with van der Waals surface area (Å²) in [5.41, 5.74) is 6.29. The van der Waals surface area contributed by atoms with Crippen molar-refractivity contribution in [2.75, 3.05) is 29.2 Å². The maximum atomic E-state index is 4.95. The second-order valence-electron chi connectivity index (χ2n) is 10.3. The predicted octanol–water partition coefficient (Wildman–Crippen LogP) is 7.30. The van der Waals surface area contributed by atoms with Crippen molar-refractivity contribution in [2.45, 2.75) is 43.8 Å². The maximum absolute atomic E-state index is 4.95. The third kappa shape index (κ3) is 4.32. The molecular formula is C32H34N4. The Bertz CT molecular complexity index is 1370. The summed E-state index contributed by atoms with van der Waals surface area (Å²) in [7, 11) is 4.20. The SMILES string of the molecule is CN(C)c1cc(NC2CCC(N3c4ccccc4C=CC3c3ccccc3)CC2)nc2ccccc12. The summed E-state index contributed by atoms with van der Waals surface area (Å²) in [4.78, 5) is 9.80. The molecule has 36 heavy (non-hydrogen) atoms. The first-order valence-electron chi connectivity index (χ1n) is 13.1. The summed E-state index contributed by atoms with van der Waals surface area (Å²) in [6, 6.07) is 31.6. The number of fused-ring (bicyclic) bond motifs is 2. The van der Waals surface area contributed by atoms with Crippen LogP contribution in [-0.4, -0.2) is 31.2 Å². The van der Waals surface area contributed by atoms with Crippen molar-refractivity contribution in [1.82, 2.24) is 4.98 Å². The van der Waals surface area contributed by atoms with E-state index in [9.17, 15) is 0 Å². The number of pyridine rings is 1. The average molecular weight is 475 g/mol. The molecule has 6 rings (SSSR count). The van der Waals surface area contributed by atoms with E-state index >= 15 is 0 Å². The lowest BCUT2D eigenvalue weighted by molar-refractivity contribution is 0.379. The zero-order valence-electron chi connectivity index (χ0n) is 21.1. The number of hydrogen-bond acceptors (Lipinski definition) is 4. The molecule has 182 valence electrons. The average Bonchev–Trinajstić information content (AvgIpc) is 2.93. The van der Waals surface area contributed by atoms with Gasteiger partial charge in [-0.1, -0.05) is 78.9 Å². The number of nitrogens with one attached hydrogen (secondary N) is 1. The van der Waals surface area contributed by atoms with Crippen molar-refractivity contribution in [2.24, 2.45) is 0 Å². The summed E-state index contributed by atoms with van der Waals surface area (Å²) in [6.45, 7) is 0. The van der Waals surface area contributed by atoms with Gasteiger partial charge in [0.15, 0.2) is 0 Å². The molecule has 4 nitrogen and oxygen atoms in total. The van der Waals surface area contributed by atoms with Crippen molar-refractivity contribution in [1.29, 1.82) is 0 Å². The molecule has 0 amide bonds. The molecule has 4 aromatic rings. The first-order valence-corrected chi connectivity index (χ1v) is 13.1. The van der Waals surface area contributed by atoms with Crippen LogP contribution >= 0.6 is 0 Å². The standard InChI is InChI=1S/C32H34N4/c1-35(2)31-22-32(34-28-14-8-7-13-27(28)31)33-25-17-19-26(20-18-25)36-29-15-9-6-12-24(29)16-21-30(36)23-10-4-3-5-11-23/h3-16,21-22,25-26,30H,17-20H2,1-2H3,(H,33,34). The molecule has 2 aliphatic rings. The van der Waals surface area contributed by atoms with E-state index in [1.165, 1.54) is 27.9 Å². The van der Waals surface area contributed by atoms with Crippen LogP contribution in [0.4, 0.5) is 17.2 Å². The fourth-order valence-electron chi connectivity index (χ4n) is 5.96. The normalized spacial score (nSPS) is 21.3. The molecule has 1 N–H and O–H groups in total. The molecular weight excluding hydrogens is 440 g/mol. The molecule has 1 aromatic heterocycles. The lowest BCUT2D eigenvalue weighted by atomic mass is 9.86. The van der Waals surface area contributed by atoms with Gasteiger partial charge in [-0.15, -0.1) is 0 Å². The summed E-state index contributed by atoms with van der Waals surface area (Å²) in [5.74, 6) is 0.981. The Morgan fingerprint density at radius 2 is 1.56 bits per heavy atom. The van der Waals surface area contributed by atoms with Crippen molar-refractivity contribution < 1.29 is 0 Å². The fraction of sp³-hybridized carbons (Fsp3) is 0.281. The van der Waals surface area contributed by atoms with Crippen LogP contribution < -0.4 is 15.1 Å². The second kappa shape index (κ2) is 9.69. The van der Waals surface area contributed by atoms with Gasteiger partial charge in [-0.05, 0) is 48.9 Å². The molecule has 1 aliphatic heterocycles. The molecule has 4 heteroatoms. The number of aromatic nitrogens is 1. The summed E-state index contributed by atoms with van der Waals surface area (Å²) in [5, 5.41) is 4.98. The number of hydrogen-bond donors (Lipinski definition) is 1. The van der Waals surface area contributed by atoms with Crippen molar-refractivity contribution >= 4 is 34.2 Å². The number of anilines is 3. The first kappa shape index (κ1) is 22.7. The van der Waals surface area contributed by atoms with Gasteiger partial charge >= 0.3 is 0 Å². The molecule has 0 spiro atoms. The quantitative estimate of drug-likeness (QED) is 0.329. The second-order valence-corrected chi connectivity index (χ2v) is 10.3. The van der Waals surface area contributed by atoms with E-state index in [-0.39, 0.29) is 6.04 Å². The Kier molecular flexibility index (Phi) is 6.10. The van der Waals surface area contributed by atoms with E-state index in [4.69, 9.17) is 4.98 Å². The molecule has 0 bridgehead atoms. The monoisotopic (exact) mass is 474 g/mol. The third-order valence-corrected chi connectivity index (χ3v) is 7.73. The summed E-state index contributed by atoms with van der Waals surface area (Å²) < 4.78 is 0. The van der Waals surface area contributed by atoms with Gasteiger partial charge in [-0.25, -0.2) is 4.98 Å². The number of rotatable bonds is 5.